The minimum absolute atomic E-state index is 0.114. The number of rotatable bonds is 4. The van der Waals surface area contributed by atoms with E-state index in [-0.39, 0.29) is 22.9 Å². The summed E-state index contributed by atoms with van der Waals surface area (Å²) < 4.78 is 4.85. The molecule has 0 aliphatic heterocycles. The van der Waals surface area contributed by atoms with Gasteiger partial charge in [0, 0.05) is 11.6 Å². The van der Waals surface area contributed by atoms with E-state index in [1.165, 1.54) is 24.4 Å². The molecule has 0 atom stereocenters. The number of aryl methyl sites for hydroxylation is 1. The number of nitrogens with one attached hydrogen (secondary N) is 1. The van der Waals surface area contributed by atoms with Gasteiger partial charge in [0.05, 0.1) is 11.8 Å². The average molecular weight is 324 g/mol. The van der Waals surface area contributed by atoms with Crippen molar-refractivity contribution >= 4 is 11.8 Å². The summed E-state index contributed by atoms with van der Waals surface area (Å²) in [7, 11) is 0. The summed E-state index contributed by atoms with van der Waals surface area (Å²) >= 11 is 0. The van der Waals surface area contributed by atoms with E-state index in [0.29, 0.717) is 12.0 Å². The summed E-state index contributed by atoms with van der Waals surface area (Å²) in [6.07, 6.45) is 2.10. The van der Waals surface area contributed by atoms with Gasteiger partial charge >= 0.3 is 0 Å². The van der Waals surface area contributed by atoms with Gasteiger partial charge in [0.2, 0.25) is 5.88 Å². The lowest BCUT2D eigenvalue weighted by molar-refractivity contribution is 0.102. The molecule has 3 aromatic rings. The SMILES string of the molecule is CCc1ccc(C(=O)Nc2ccno2)c(O)c1-c1ccc(O)cc1. The van der Waals surface area contributed by atoms with E-state index in [4.69, 9.17) is 4.52 Å². The van der Waals surface area contributed by atoms with Crippen molar-refractivity contribution in [3.05, 3.63) is 59.8 Å². The molecular weight excluding hydrogens is 308 g/mol. The quantitative estimate of drug-likeness (QED) is 0.682. The van der Waals surface area contributed by atoms with Crippen LogP contribution in [0.3, 0.4) is 0 Å². The fraction of sp³-hybridized carbons (Fsp3) is 0.111. The van der Waals surface area contributed by atoms with Crippen LogP contribution < -0.4 is 5.32 Å². The average Bonchev–Trinajstić information content (AvgIpc) is 3.08. The second-order valence-electron chi connectivity index (χ2n) is 5.23. The number of carbonyl (C=O) groups excluding carboxylic acids is 1. The predicted octanol–water partition coefficient (Wildman–Crippen LogP) is 3.57. The molecule has 0 fully saturated rings. The molecule has 3 rings (SSSR count). The van der Waals surface area contributed by atoms with Crippen molar-refractivity contribution < 1.29 is 19.5 Å². The Morgan fingerprint density at radius 2 is 1.88 bits per heavy atom. The van der Waals surface area contributed by atoms with E-state index in [2.05, 4.69) is 10.5 Å². The van der Waals surface area contributed by atoms with E-state index in [1.807, 2.05) is 6.92 Å². The molecule has 0 aliphatic rings. The zero-order chi connectivity index (χ0) is 17.1. The van der Waals surface area contributed by atoms with Crippen LogP contribution in [-0.2, 0) is 6.42 Å². The van der Waals surface area contributed by atoms with E-state index in [1.54, 1.807) is 24.3 Å². The number of hydrogen-bond acceptors (Lipinski definition) is 5. The predicted molar refractivity (Wildman–Crippen MR) is 89.0 cm³/mol. The Balaban J connectivity index is 2.04. The number of anilines is 1. The van der Waals surface area contributed by atoms with Crippen LogP contribution in [0.25, 0.3) is 11.1 Å². The second-order valence-corrected chi connectivity index (χ2v) is 5.23. The van der Waals surface area contributed by atoms with Gasteiger partial charge in [-0.3, -0.25) is 10.1 Å². The number of hydrogen-bond donors (Lipinski definition) is 3. The van der Waals surface area contributed by atoms with Crippen molar-refractivity contribution in [2.24, 2.45) is 0 Å². The van der Waals surface area contributed by atoms with Crippen molar-refractivity contribution in [1.29, 1.82) is 0 Å². The third kappa shape index (κ3) is 2.94. The van der Waals surface area contributed by atoms with Crippen molar-refractivity contribution in [3.63, 3.8) is 0 Å². The van der Waals surface area contributed by atoms with Crippen LogP contribution in [0, 0.1) is 0 Å². The van der Waals surface area contributed by atoms with Gasteiger partial charge in [-0.05, 0) is 35.7 Å². The molecule has 6 heteroatoms. The molecule has 3 N–H and O–H groups in total. The van der Waals surface area contributed by atoms with Crippen molar-refractivity contribution in [1.82, 2.24) is 5.16 Å². The van der Waals surface area contributed by atoms with Crippen LogP contribution in [0.2, 0.25) is 0 Å². The number of aromatic hydroxyl groups is 2. The molecule has 1 aromatic heterocycles. The molecule has 0 aliphatic carbocycles. The highest BCUT2D eigenvalue weighted by atomic mass is 16.5. The fourth-order valence-electron chi connectivity index (χ4n) is 2.52. The first-order valence-corrected chi connectivity index (χ1v) is 7.46. The number of phenols is 2. The summed E-state index contributed by atoms with van der Waals surface area (Å²) in [4.78, 5) is 12.4. The summed E-state index contributed by atoms with van der Waals surface area (Å²) in [5.74, 6) is -0.273. The Bertz CT molecular complexity index is 855. The zero-order valence-electron chi connectivity index (χ0n) is 13.0. The Morgan fingerprint density at radius 3 is 2.50 bits per heavy atom. The summed E-state index contributed by atoms with van der Waals surface area (Å²) in [5, 5.41) is 26.1. The number of benzene rings is 2. The van der Waals surface area contributed by atoms with Crippen molar-refractivity contribution in [2.45, 2.75) is 13.3 Å². The molecule has 0 spiro atoms. The number of aromatic nitrogens is 1. The maximum absolute atomic E-state index is 12.4. The lowest BCUT2D eigenvalue weighted by atomic mass is 9.94. The Hall–Kier alpha value is -3.28. The van der Waals surface area contributed by atoms with E-state index in [0.717, 1.165) is 11.1 Å². The Morgan fingerprint density at radius 1 is 1.12 bits per heavy atom. The largest absolute Gasteiger partial charge is 0.508 e. The molecule has 0 unspecified atom stereocenters. The number of nitrogens with zero attached hydrogens (tertiary/aromatic N) is 1. The molecule has 0 bridgehead atoms. The maximum atomic E-state index is 12.4. The van der Waals surface area contributed by atoms with Gasteiger partial charge in [-0.25, -0.2) is 0 Å². The van der Waals surface area contributed by atoms with Gasteiger partial charge in [-0.2, -0.15) is 0 Å². The van der Waals surface area contributed by atoms with Gasteiger partial charge in [0.1, 0.15) is 11.5 Å². The Labute approximate surface area is 138 Å². The van der Waals surface area contributed by atoms with Crippen LogP contribution >= 0.6 is 0 Å². The van der Waals surface area contributed by atoms with E-state index >= 15 is 0 Å². The summed E-state index contributed by atoms with van der Waals surface area (Å²) in [5.41, 5.74) is 2.32. The third-order valence-corrected chi connectivity index (χ3v) is 3.72. The maximum Gasteiger partial charge on any atom is 0.261 e. The lowest BCUT2D eigenvalue weighted by Crippen LogP contribution is -2.12. The van der Waals surface area contributed by atoms with Crippen LogP contribution in [0.1, 0.15) is 22.8 Å². The monoisotopic (exact) mass is 324 g/mol. The minimum atomic E-state index is -0.494. The van der Waals surface area contributed by atoms with Gasteiger partial charge < -0.3 is 14.7 Å². The van der Waals surface area contributed by atoms with Gasteiger partial charge in [-0.1, -0.05) is 30.3 Å². The van der Waals surface area contributed by atoms with Gasteiger partial charge in [0.25, 0.3) is 5.91 Å². The molecule has 1 heterocycles. The molecule has 24 heavy (non-hydrogen) atoms. The highest BCUT2D eigenvalue weighted by molar-refractivity contribution is 6.07. The highest BCUT2D eigenvalue weighted by Crippen LogP contribution is 2.37. The van der Waals surface area contributed by atoms with Crippen LogP contribution in [0.15, 0.2) is 53.2 Å². The highest BCUT2D eigenvalue weighted by Gasteiger charge is 2.19. The molecule has 0 saturated carbocycles. The fourth-order valence-corrected chi connectivity index (χ4v) is 2.52. The lowest BCUT2D eigenvalue weighted by Gasteiger charge is -2.14. The molecule has 0 radical (unpaired) electrons. The third-order valence-electron chi connectivity index (χ3n) is 3.72. The zero-order valence-corrected chi connectivity index (χ0v) is 13.0. The number of phenolic OH excluding ortho intramolecular Hbond substituents is 2. The molecule has 1 amide bonds. The molecule has 0 saturated heterocycles. The minimum Gasteiger partial charge on any atom is -0.508 e. The standard InChI is InChI=1S/C18H16N2O4/c1-2-11-5-8-14(18(23)20-15-9-10-19-24-15)17(22)16(11)12-3-6-13(21)7-4-12/h3-10,21-22H,2H2,1H3,(H,20,23). The molecular formula is C18H16N2O4. The summed E-state index contributed by atoms with van der Waals surface area (Å²) in [6, 6.07) is 11.4. The number of carbonyl (C=O) groups is 1. The van der Waals surface area contributed by atoms with Crippen molar-refractivity contribution in [3.8, 4) is 22.6 Å². The van der Waals surface area contributed by atoms with Crippen LogP contribution in [-0.4, -0.2) is 21.3 Å². The van der Waals surface area contributed by atoms with Gasteiger partial charge in [-0.15, -0.1) is 0 Å². The molecule has 6 nitrogen and oxygen atoms in total. The number of amides is 1. The topological polar surface area (TPSA) is 95.6 Å². The molecule has 2 aromatic carbocycles. The van der Waals surface area contributed by atoms with E-state index in [9.17, 15) is 15.0 Å². The van der Waals surface area contributed by atoms with Crippen molar-refractivity contribution in [2.75, 3.05) is 5.32 Å². The van der Waals surface area contributed by atoms with Gasteiger partial charge in [0.15, 0.2) is 0 Å². The second kappa shape index (κ2) is 6.45. The first-order chi connectivity index (χ1) is 11.6. The van der Waals surface area contributed by atoms with E-state index < -0.39 is 5.91 Å². The van der Waals surface area contributed by atoms with Crippen LogP contribution in [0.5, 0.6) is 11.5 Å². The first kappa shape index (κ1) is 15.6. The smallest absolute Gasteiger partial charge is 0.261 e. The normalized spacial score (nSPS) is 10.5. The van der Waals surface area contributed by atoms with Crippen LogP contribution in [0.4, 0.5) is 5.88 Å². The molecule has 122 valence electrons. The summed E-state index contributed by atoms with van der Waals surface area (Å²) in [6.45, 7) is 1.97. The first-order valence-electron chi connectivity index (χ1n) is 7.46. The Kier molecular flexibility index (Phi) is 4.20.